The second-order valence-corrected chi connectivity index (χ2v) is 0.284. The summed E-state index contributed by atoms with van der Waals surface area (Å²) in [5.74, 6) is 0. The molecule has 0 heterocycles. The van der Waals surface area contributed by atoms with Gasteiger partial charge in [0.1, 0.15) is 0 Å². The van der Waals surface area contributed by atoms with E-state index in [9.17, 15) is 0 Å². The van der Waals surface area contributed by atoms with Gasteiger partial charge in [0.25, 0.3) is 6.47 Å². The monoisotopic (exact) mass is 366 g/mol. The molecule has 0 unspecified atom stereocenters. The topological polar surface area (TPSA) is 238 Å². The van der Waals surface area contributed by atoms with Gasteiger partial charge in [0, 0.05) is 0 Å². The van der Waals surface area contributed by atoms with E-state index in [0.717, 1.165) is 0 Å². The minimum absolute atomic E-state index is 0. The van der Waals surface area contributed by atoms with Crippen LogP contribution < -0.4 is 123 Å². The third kappa shape index (κ3) is 224. The van der Waals surface area contributed by atoms with E-state index in [-0.39, 0.29) is 230 Å². The average Bonchev–Trinajstić information content (AvgIpc) is 1.69. The van der Waals surface area contributed by atoms with Crippen LogP contribution in [0.1, 0.15) is 2.85 Å². The van der Waals surface area contributed by atoms with Crippen LogP contribution in [0.3, 0.4) is 0 Å². The molecule has 0 aromatic heterocycles. The quantitative estimate of drug-likeness (QED) is 0.152. The maximum absolute atomic E-state index is 8.64. The fourth-order valence-electron chi connectivity index (χ4n) is 0. The van der Waals surface area contributed by atoms with Crippen molar-refractivity contribution >= 4 is 88.4 Å². The number of hydrogen-bond donors (Lipinski definition) is 1. The molecule has 0 aliphatic carbocycles. The van der Waals surface area contributed by atoms with E-state index in [1.807, 2.05) is 0 Å². The molecule has 0 atom stereocenters. The molecule has 10 nitrogen and oxygen atoms in total. The molecule has 0 aromatic carbocycles. The van der Waals surface area contributed by atoms with E-state index in [4.69, 9.17) is 20.0 Å². The maximum Gasteiger partial charge on any atom is 2.00 e. The molecular weight excluding hydrogens is 356 g/mol. The molecule has 86 valence electrons. The van der Waals surface area contributed by atoms with E-state index < -0.39 is 0 Å². The molecule has 0 rings (SSSR count). The normalized spacial score (nSPS) is 1.83. The summed E-state index contributed by atoms with van der Waals surface area (Å²) in [5, 5.41) is 15.2. The molecule has 0 aliphatic heterocycles. The first-order valence-electron chi connectivity index (χ1n) is 1.07. The smallest absolute Gasteiger partial charge is 1.00 e. The van der Waals surface area contributed by atoms with Crippen molar-refractivity contribution in [1.82, 2.24) is 0 Å². The van der Waals surface area contributed by atoms with Crippen LogP contribution in [0.15, 0.2) is 0 Å². The first-order chi connectivity index (χ1) is 3.33. The molecule has 0 aliphatic rings. The summed E-state index contributed by atoms with van der Waals surface area (Å²) in [5.41, 5.74) is 0. The van der Waals surface area contributed by atoms with Crippen molar-refractivity contribution in [3.8, 4) is 0 Å². The average molecular weight is 366 g/mol. The molecule has 0 aromatic rings. The summed E-state index contributed by atoms with van der Waals surface area (Å²) >= 11 is 0. The predicted molar refractivity (Wildman–Crippen MR) is 40.6 cm³/mol. The van der Waals surface area contributed by atoms with Gasteiger partial charge in [0.15, 0.2) is 0 Å². The van der Waals surface area contributed by atoms with Crippen LogP contribution in [0.4, 0.5) is 0 Å². The van der Waals surface area contributed by atoms with Gasteiger partial charge in [0.2, 0.25) is 0 Å². The number of aliphatic hydroxyl groups excluding tert-OH is 1. The van der Waals surface area contributed by atoms with E-state index in [1.165, 1.54) is 0 Å². The molecule has 7 N–H and O–H groups in total. The Kier molecular flexibility index (Phi) is 903. The first kappa shape index (κ1) is 110. The third-order valence-electron chi connectivity index (χ3n) is 0.0393. The number of rotatable bonds is 1. The van der Waals surface area contributed by atoms with E-state index >= 15 is 0 Å². The van der Waals surface area contributed by atoms with Gasteiger partial charge in [-0.1, -0.05) is 6.47 Å². The fourth-order valence-corrected chi connectivity index (χ4v) is 0. The second kappa shape index (κ2) is 148. The summed E-state index contributed by atoms with van der Waals surface area (Å²) < 4.78 is 0. The maximum atomic E-state index is 8.64. The van der Waals surface area contributed by atoms with E-state index in [0.29, 0.717) is 6.47 Å². The Morgan fingerprint density at radius 1 is 1.00 bits per heavy atom. The van der Waals surface area contributed by atoms with E-state index in [2.05, 4.69) is 4.89 Å². The van der Waals surface area contributed by atoms with Gasteiger partial charge in [-0.05, 0) is 0 Å². The molecular formula is C2H10Ca2Na4O10. The zero-order chi connectivity index (χ0) is 6.12. The zero-order valence-electron chi connectivity index (χ0n) is 12.9. The first-order valence-corrected chi connectivity index (χ1v) is 1.07. The van der Waals surface area contributed by atoms with Gasteiger partial charge in [-0.15, -0.1) is 0 Å². The van der Waals surface area contributed by atoms with Gasteiger partial charge >= 0.3 is 194 Å². The van der Waals surface area contributed by atoms with Gasteiger partial charge in [0.05, 0.1) is 0 Å². The largest absolute Gasteiger partial charge is 2.00 e. The van der Waals surface area contributed by atoms with Crippen molar-refractivity contribution in [2.75, 3.05) is 0 Å². The van der Waals surface area contributed by atoms with Gasteiger partial charge in [-0.3, -0.25) is 4.79 Å². The Bertz CT molecular complexity index is 74.5. The Morgan fingerprint density at radius 2 is 1.06 bits per heavy atom. The molecule has 0 fully saturated rings. The molecule has 0 saturated heterocycles. The van der Waals surface area contributed by atoms with Gasteiger partial charge in [-0.2, -0.15) is 0 Å². The van der Waals surface area contributed by atoms with Crippen molar-refractivity contribution in [3.63, 3.8) is 0 Å². The van der Waals surface area contributed by atoms with Crippen LogP contribution in [0.2, 0.25) is 0 Å². The Balaban J connectivity index is -0.00000000117. The SMILES string of the molecule is O.O=CO[O-].O=[C-]O.[Ca+2].[Ca+2].[H-].[H-].[Na+].[Na+].[Na+].[Na+].[OH-].[OH-].[OH-].[OH-]. The van der Waals surface area contributed by atoms with E-state index in [1.54, 1.807) is 0 Å². The molecule has 0 radical (unpaired) electrons. The molecule has 18 heavy (non-hydrogen) atoms. The third-order valence-corrected chi connectivity index (χ3v) is 0.0393. The summed E-state index contributed by atoms with van der Waals surface area (Å²) in [7, 11) is 0. The van der Waals surface area contributed by atoms with Crippen LogP contribution in [0, 0.1) is 0 Å². The number of hydrogen-bond acceptors (Lipinski definition) is 8. The molecule has 16 heteroatoms. The minimum Gasteiger partial charge on any atom is -1.00 e. The Morgan fingerprint density at radius 3 is 1.06 bits per heavy atom. The minimum atomic E-state index is -0.181. The summed E-state index contributed by atoms with van der Waals surface area (Å²) in [4.78, 5) is 19.5. The molecule has 0 spiro atoms. The molecule has 0 saturated carbocycles. The standard InChI is InChI=1S/CH2O3.CHO2.2Ca.4Na.5H2O.2H/c2-1-4-3;2-1-3;;;;;;;;;;;;;/h1,3H;(H,2,3);;;;;;;5*1H2;;/q;-1;2*+2;4*+1;;;;;;2*-1/p-5. The zero-order valence-corrected chi connectivity index (χ0v) is 23.3. The molecule has 0 bridgehead atoms. The predicted octanol–water partition coefficient (Wildman–Crippen LogP) is -16.0. The van der Waals surface area contributed by atoms with Crippen molar-refractivity contribution in [2.45, 2.75) is 0 Å². The summed E-state index contributed by atoms with van der Waals surface area (Å²) in [6.45, 7) is 0.319. The number of carbonyl (C=O) groups excluding carboxylic acids is 1. The second-order valence-electron chi connectivity index (χ2n) is 0.284. The van der Waals surface area contributed by atoms with Crippen molar-refractivity contribution < 1.29 is 173 Å². The van der Waals surface area contributed by atoms with Crippen LogP contribution in [-0.4, -0.2) is 121 Å². The van der Waals surface area contributed by atoms with Crippen LogP contribution in [-0.2, 0) is 14.5 Å². The summed E-state index contributed by atoms with van der Waals surface area (Å²) in [6, 6.07) is 0. The van der Waals surface area contributed by atoms with Crippen LogP contribution in [0.5, 0.6) is 0 Å². The molecule has 0 amide bonds. The number of carbonyl (C=O) groups is 1. The van der Waals surface area contributed by atoms with Gasteiger partial charge < -0.3 is 50.3 Å². The van der Waals surface area contributed by atoms with Crippen LogP contribution in [0.25, 0.3) is 0 Å². The Labute approximate surface area is 255 Å². The van der Waals surface area contributed by atoms with Gasteiger partial charge in [-0.25, -0.2) is 0 Å². The Hall–Kier alpha value is 5.22. The van der Waals surface area contributed by atoms with Crippen molar-refractivity contribution in [1.29, 1.82) is 0 Å². The van der Waals surface area contributed by atoms with Crippen molar-refractivity contribution in [2.24, 2.45) is 0 Å². The van der Waals surface area contributed by atoms with Crippen molar-refractivity contribution in [3.05, 3.63) is 0 Å². The summed E-state index contributed by atoms with van der Waals surface area (Å²) in [6.07, 6.45) is 0. The van der Waals surface area contributed by atoms with Crippen LogP contribution >= 0.6 is 0 Å². The fraction of sp³-hybridized carbons (Fsp3) is 0.